The van der Waals surface area contributed by atoms with Gasteiger partial charge in [0.15, 0.2) is 0 Å². The molecule has 0 radical (unpaired) electrons. The van der Waals surface area contributed by atoms with Crippen LogP contribution in [0.3, 0.4) is 0 Å². The van der Waals surface area contributed by atoms with Gasteiger partial charge in [-0.05, 0) is 38.1 Å². The zero-order valence-electron chi connectivity index (χ0n) is 11.9. The molecule has 0 amide bonds. The van der Waals surface area contributed by atoms with E-state index in [0.29, 0.717) is 0 Å². The smallest absolute Gasteiger partial charge is 0.324 e. The van der Waals surface area contributed by atoms with Crippen LogP contribution < -0.4 is 4.31 Å². The fourth-order valence-corrected chi connectivity index (χ4v) is 2.87. The molecule has 0 bridgehead atoms. The number of sulfonamides is 1. The first-order valence-corrected chi connectivity index (χ1v) is 7.96. The van der Waals surface area contributed by atoms with Crippen molar-refractivity contribution in [3.05, 3.63) is 24.3 Å². The Kier molecular flexibility index (Phi) is 5.98. The van der Waals surface area contributed by atoms with Gasteiger partial charge in [-0.1, -0.05) is 0 Å². The summed E-state index contributed by atoms with van der Waals surface area (Å²) in [6, 6.07) is 5.28. The minimum absolute atomic E-state index is 0.0196. The second kappa shape index (κ2) is 7.28. The molecule has 118 valence electrons. The van der Waals surface area contributed by atoms with Crippen LogP contribution in [-0.4, -0.2) is 49.6 Å². The van der Waals surface area contributed by atoms with Crippen molar-refractivity contribution in [3.63, 3.8) is 0 Å². The topological polar surface area (TPSA) is 104 Å². The molecule has 0 atom stereocenters. The first-order valence-electron chi connectivity index (χ1n) is 6.35. The second-order valence-corrected chi connectivity index (χ2v) is 6.67. The number of aliphatic carboxylic acids is 1. The maximum atomic E-state index is 12.3. The number of carboxylic acid groups (broad SMARTS) is 1. The Hall–Kier alpha value is -1.80. The van der Waals surface area contributed by atoms with E-state index in [9.17, 15) is 18.3 Å². The molecule has 1 aromatic rings. The molecular weight excluding hydrogens is 298 g/mol. The van der Waals surface area contributed by atoms with Crippen molar-refractivity contribution in [2.75, 3.05) is 23.2 Å². The van der Waals surface area contributed by atoms with Gasteiger partial charge < -0.3 is 14.9 Å². The van der Waals surface area contributed by atoms with Gasteiger partial charge in [0.25, 0.3) is 0 Å². The largest absolute Gasteiger partial charge is 0.508 e. The number of anilines is 1. The number of aromatic hydroxyl groups is 1. The van der Waals surface area contributed by atoms with Crippen LogP contribution in [0.2, 0.25) is 0 Å². The molecule has 1 rings (SSSR count). The summed E-state index contributed by atoms with van der Waals surface area (Å²) in [7, 11) is -3.83. The molecule has 0 aliphatic carbocycles. The minimum atomic E-state index is -3.83. The van der Waals surface area contributed by atoms with Crippen LogP contribution in [0.5, 0.6) is 5.75 Å². The highest BCUT2D eigenvalue weighted by Crippen LogP contribution is 2.21. The lowest BCUT2D eigenvalue weighted by Gasteiger charge is -2.23. The molecule has 0 aliphatic heterocycles. The SMILES string of the molecule is CC(C)OCCS(=O)(=O)N(CC(=O)O)c1ccc(O)cc1. The van der Waals surface area contributed by atoms with E-state index < -0.39 is 22.5 Å². The molecule has 1 aromatic carbocycles. The number of carbonyl (C=O) groups is 1. The van der Waals surface area contributed by atoms with Gasteiger partial charge >= 0.3 is 5.97 Å². The number of ether oxygens (including phenoxy) is 1. The van der Waals surface area contributed by atoms with E-state index in [1.54, 1.807) is 13.8 Å². The van der Waals surface area contributed by atoms with Gasteiger partial charge in [0.2, 0.25) is 10.0 Å². The molecule has 0 aliphatic rings. The molecule has 2 N–H and O–H groups in total. The lowest BCUT2D eigenvalue weighted by Crippen LogP contribution is -2.38. The summed E-state index contributed by atoms with van der Waals surface area (Å²) in [6.45, 7) is 2.85. The van der Waals surface area contributed by atoms with Gasteiger partial charge in [-0.15, -0.1) is 0 Å². The number of hydrogen-bond donors (Lipinski definition) is 2. The number of benzene rings is 1. The Morgan fingerprint density at radius 3 is 2.33 bits per heavy atom. The number of hydrogen-bond acceptors (Lipinski definition) is 5. The Morgan fingerprint density at radius 1 is 1.29 bits per heavy atom. The Balaban J connectivity index is 2.95. The summed E-state index contributed by atoms with van der Waals surface area (Å²) in [5.41, 5.74) is 0.180. The van der Waals surface area contributed by atoms with Crippen LogP contribution in [-0.2, 0) is 19.6 Å². The molecule has 8 heteroatoms. The number of phenols is 1. The minimum Gasteiger partial charge on any atom is -0.508 e. The third-order valence-corrected chi connectivity index (χ3v) is 4.24. The number of phenolic OH excluding ortho intramolecular Hbond substituents is 1. The quantitative estimate of drug-likeness (QED) is 0.742. The van der Waals surface area contributed by atoms with Crippen LogP contribution in [0, 0.1) is 0 Å². The van der Waals surface area contributed by atoms with Gasteiger partial charge in [-0.3, -0.25) is 9.10 Å². The van der Waals surface area contributed by atoms with Gasteiger partial charge in [0.1, 0.15) is 12.3 Å². The maximum Gasteiger partial charge on any atom is 0.324 e. The summed E-state index contributed by atoms with van der Waals surface area (Å²) < 4.78 is 30.5. The maximum absolute atomic E-state index is 12.3. The molecule has 0 unspecified atom stereocenters. The van der Waals surface area contributed by atoms with Crippen molar-refractivity contribution in [3.8, 4) is 5.75 Å². The summed E-state index contributed by atoms with van der Waals surface area (Å²) in [4.78, 5) is 10.9. The summed E-state index contributed by atoms with van der Waals surface area (Å²) in [6.07, 6.45) is -0.109. The van der Waals surface area contributed by atoms with Crippen LogP contribution in [0.1, 0.15) is 13.8 Å². The highest BCUT2D eigenvalue weighted by Gasteiger charge is 2.25. The van der Waals surface area contributed by atoms with Gasteiger partial charge in [-0.25, -0.2) is 8.42 Å². The van der Waals surface area contributed by atoms with Crippen molar-refractivity contribution in [2.45, 2.75) is 20.0 Å². The highest BCUT2D eigenvalue weighted by atomic mass is 32.2. The van der Waals surface area contributed by atoms with E-state index in [4.69, 9.17) is 9.84 Å². The van der Waals surface area contributed by atoms with E-state index >= 15 is 0 Å². The first kappa shape index (κ1) is 17.3. The molecule has 21 heavy (non-hydrogen) atoms. The number of carboxylic acids is 1. The van der Waals surface area contributed by atoms with Crippen LogP contribution in [0.15, 0.2) is 24.3 Å². The predicted molar refractivity (Wildman–Crippen MR) is 78.0 cm³/mol. The van der Waals surface area contributed by atoms with Crippen LogP contribution in [0.25, 0.3) is 0 Å². The third kappa shape index (κ3) is 5.60. The Morgan fingerprint density at radius 2 is 1.86 bits per heavy atom. The van der Waals surface area contributed by atoms with Crippen LogP contribution >= 0.6 is 0 Å². The zero-order valence-corrected chi connectivity index (χ0v) is 12.7. The Labute approximate surface area is 123 Å². The average Bonchev–Trinajstić information content (AvgIpc) is 2.36. The summed E-state index contributed by atoms with van der Waals surface area (Å²) >= 11 is 0. The van der Waals surface area contributed by atoms with Crippen molar-refractivity contribution in [2.24, 2.45) is 0 Å². The van der Waals surface area contributed by atoms with Crippen molar-refractivity contribution in [1.82, 2.24) is 0 Å². The van der Waals surface area contributed by atoms with Crippen molar-refractivity contribution in [1.29, 1.82) is 0 Å². The third-order valence-electron chi connectivity index (χ3n) is 2.54. The first-order chi connectivity index (χ1) is 9.72. The van der Waals surface area contributed by atoms with Crippen LogP contribution in [0.4, 0.5) is 5.69 Å². The molecule has 0 aromatic heterocycles. The standard InChI is InChI=1S/C13H19NO6S/c1-10(2)20-7-8-21(18,19)14(9-13(16)17)11-3-5-12(15)6-4-11/h3-6,10,15H,7-9H2,1-2H3,(H,16,17). The fraction of sp³-hybridized carbons (Fsp3) is 0.462. The van der Waals surface area contributed by atoms with E-state index in [2.05, 4.69) is 0 Å². The Bertz CT molecular complexity index is 567. The van der Waals surface area contributed by atoms with Crippen molar-refractivity contribution < 1.29 is 28.2 Å². The number of rotatable bonds is 8. The molecular formula is C13H19NO6S. The lowest BCUT2D eigenvalue weighted by atomic mass is 10.3. The van der Waals surface area contributed by atoms with Crippen molar-refractivity contribution >= 4 is 21.7 Å². The second-order valence-electron chi connectivity index (χ2n) is 4.65. The fourth-order valence-electron chi connectivity index (χ4n) is 1.59. The van der Waals surface area contributed by atoms with E-state index in [1.807, 2.05) is 0 Å². The summed E-state index contributed by atoms with van der Waals surface area (Å²) in [5.74, 6) is -1.62. The molecule has 0 spiro atoms. The predicted octanol–water partition coefficient (Wildman–Crippen LogP) is 1.04. The molecule has 7 nitrogen and oxygen atoms in total. The average molecular weight is 317 g/mol. The van der Waals surface area contributed by atoms with E-state index in [-0.39, 0.29) is 29.9 Å². The number of nitrogens with zero attached hydrogens (tertiary/aromatic N) is 1. The normalized spacial score (nSPS) is 11.6. The molecule has 0 saturated carbocycles. The van der Waals surface area contributed by atoms with Gasteiger partial charge in [0, 0.05) is 0 Å². The van der Waals surface area contributed by atoms with Gasteiger partial charge in [0.05, 0.1) is 24.2 Å². The molecule has 0 fully saturated rings. The van der Waals surface area contributed by atoms with E-state index in [0.717, 1.165) is 4.31 Å². The molecule has 0 saturated heterocycles. The highest BCUT2D eigenvalue weighted by molar-refractivity contribution is 7.92. The van der Waals surface area contributed by atoms with Gasteiger partial charge in [-0.2, -0.15) is 0 Å². The lowest BCUT2D eigenvalue weighted by molar-refractivity contribution is -0.135. The monoisotopic (exact) mass is 317 g/mol. The molecule has 0 heterocycles. The van der Waals surface area contributed by atoms with E-state index in [1.165, 1.54) is 24.3 Å². The zero-order chi connectivity index (χ0) is 16.0. The summed E-state index contributed by atoms with van der Waals surface area (Å²) in [5, 5.41) is 18.1.